The lowest BCUT2D eigenvalue weighted by atomic mass is 10.0. The van der Waals surface area contributed by atoms with Crippen molar-refractivity contribution in [3.63, 3.8) is 0 Å². The SMILES string of the molecule is CC(C)(C)NC(=O)C[NH+]1CCN(C(=O)CN2CCCc3ccccc32)CC1. The highest BCUT2D eigenvalue weighted by Crippen LogP contribution is 2.26. The molecule has 2 N–H and O–H groups in total. The second kappa shape index (κ2) is 8.30. The monoisotopic (exact) mass is 373 g/mol. The number of hydrogen-bond donors (Lipinski definition) is 2. The van der Waals surface area contributed by atoms with Crippen LogP contribution in [0.15, 0.2) is 24.3 Å². The molecule has 2 heterocycles. The Balaban J connectivity index is 1.47. The molecule has 2 aliphatic rings. The zero-order valence-electron chi connectivity index (χ0n) is 16.9. The summed E-state index contributed by atoms with van der Waals surface area (Å²) in [5.41, 5.74) is 2.36. The molecule has 0 spiro atoms. The minimum absolute atomic E-state index is 0.0854. The van der Waals surface area contributed by atoms with E-state index in [1.165, 1.54) is 16.2 Å². The van der Waals surface area contributed by atoms with Crippen molar-refractivity contribution in [2.45, 2.75) is 39.2 Å². The minimum atomic E-state index is -0.195. The van der Waals surface area contributed by atoms with Crippen molar-refractivity contribution in [2.75, 3.05) is 50.7 Å². The Labute approximate surface area is 162 Å². The largest absolute Gasteiger partial charge is 0.362 e. The third-order valence-electron chi connectivity index (χ3n) is 5.28. The van der Waals surface area contributed by atoms with Gasteiger partial charge < -0.3 is 20.0 Å². The van der Waals surface area contributed by atoms with Crippen molar-refractivity contribution in [3.05, 3.63) is 29.8 Å². The van der Waals surface area contributed by atoms with Gasteiger partial charge in [0.25, 0.3) is 5.91 Å². The summed E-state index contributed by atoms with van der Waals surface area (Å²) >= 11 is 0. The van der Waals surface area contributed by atoms with Crippen LogP contribution in [0.4, 0.5) is 5.69 Å². The van der Waals surface area contributed by atoms with Crippen LogP contribution in [0.5, 0.6) is 0 Å². The van der Waals surface area contributed by atoms with E-state index in [4.69, 9.17) is 0 Å². The van der Waals surface area contributed by atoms with Crippen LogP contribution >= 0.6 is 0 Å². The fourth-order valence-corrected chi connectivity index (χ4v) is 3.98. The number of rotatable bonds is 4. The van der Waals surface area contributed by atoms with E-state index in [1.54, 1.807) is 0 Å². The third-order valence-corrected chi connectivity index (χ3v) is 5.28. The molecule has 1 fully saturated rings. The lowest BCUT2D eigenvalue weighted by Gasteiger charge is -2.35. The van der Waals surface area contributed by atoms with Crippen molar-refractivity contribution in [2.24, 2.45) is 0 Å². The van der Waals surface area contributed by atoms with Crippen molar-refractivity contribution in [1.82, 2.24) is 10.2 Å². The number of carbonyl (C=O) groups is 2. The molecule has 0 aliphatic carbocycles. The molecule has 0 radical (unpaired) electrons. The first-order valence-corrected chi connectivity index (χ1v) is 10.1. The van der Waals surface area contributed by atoms with Crippen LogP contribution in [0.25, 0.3) is 0 Å². The van der Waals surface area contributed by atoms with E-state index in [1.807, 2.05) is 31.7 Å². The number of quaternary nitrogens is 1. The lowest BCUT2D eigenvalue weighted by Crippen LogP contribution is -3.16. The maximum Gasteiger partial charge on any atom is 0.275 e. The number of nitrogens with one attached hydrogen (secondary N) is 2. The second-order valence-corrected chi connectivity index (χ2v) is 8.76. The molecule has 0 atom stereocenters. The highest BCUT2D eigenvalue weighted by Gasteiger charge is 2.28. The standard InChI is InChI=1S/C21H32N4O2/c1-21(2,3)22-19(26)15-23-11-13-24(14-12-23)20(27)16-25-10-6-8-17-7-4-5-9-18(17)25/h4-5,7,9H,6,8,10-16H2,1-3H3,(H,22,26)/p+1. The first-order chi connectivity index (χ1) is 12.8. The molecular formula is C21H33N4O2+. The van der Waals surface area contributed by atoms with E-state index < -0.39 is 0 Å². The summed E-state index contributed by atoms with van der Waals surface area (Å²) in [6, 6.07) is 8.41. The van der Waals surface area contributed by atoms with Gasteiger partial charge in [0, 0.05) is 17.8 Å². The van der Waals surface area contributed by atoms with Crippen molar-refractivity contribution in [1.29, 1.82) is 0 Å². The fraction of sp³-hybridized carbons (Fsp3) is 0.619. The van der Waals surface area contributed by atoms with Gasteiger partial charge in [-0.15, -0.1) is 0 Å². The summed E-state index contributed by atoms with van der Waals surface area (Å²) in [5.74, 6) is 0.284. The highest BCUT2D eigenvalue weighted by molar-refractivity contribution is 5.82. The van der Waals surface area contributed by atoms with Crippen LogP contribution in [0.1, 0.15) is 32.8 Å². The Morgan fingerprint density at radius 2 is 1.81 bits per heavy atom. The zero-order valence-corrected chi connectivity index (χ0v) is 16.9. The summed E-state index contributed by atoms with van der Waals surface area (Å²) in [6.45, 7) is 11.0. The Kier molecular flexibility index (Phi) is 6.05. The first-order valence-electron chi connectivity index (χ1n) is 10.1. The van der Waals surface area contributed by atoms with E-state index in [0.717, 1.165) is 45.6 Å². The summed E-state index contributed by atoms with van der Waals surface area (Å²) < 4.78 is 0. The minimum Gasteiger partial charge on any atom is -0.362 e. The molecule has 3 rings (SSSR count). The Morgan fingerprint density at radius 3 is 2.52 bits per heavy atom. The Morgan fingerprint density at radius 1 is 1.11 bits per heavy atom. The van der Waals surface area contributed by atoms with Crippen molar-refractivity contribution < 1.29 is 14.5 Å². The van der Waals surface area contributed by atoms with Crippen LogP contribution < -0.4 is 15.1 Å². The van der Waals surface area contributed by atoms with Crippen molar-refractivity contribution in [3.8, 4) is 0 Å². The average Bonchev–Trinajstić information content (AvgIpc) is 2.61. The van der Waals surface area contributed by atoms with Gasteiger partial charge in [0.1, 0.15) is 0 Å². The van der Waals surface area contributed by atoms with Gasteiger partial charge in [-0.3, -0.25) is 9.59 Å². The number of carbonyl (C=O) groups excluding carboxylic acids is 2. The number of hydrogen-bond acceptors (Lipinski definition) is 3. The zero-order chi connectivity index (χ0) is 19.4. The van der Waals surface area contributed by atoms with Gasteiger partial charge in [-0.05, 0) is 45.2 Å². The summed E-state index contributed by atoms with van der Waals surface area (Å²) in [4.78, 5) is 30.3. The molecule has 6 heteroatoms. The average molecular weight is 374 g/mol. The van der Waals surface area contributed by atoms with Crippen LogP contribution in [0.2, 0.25) is 0 Å². The highest BCUT2D eigenvalue weighted by atomic mass is 16.2. The quantitative estimate of drug-likeness (QED) is 0.786. The van der Waals surface area contributed by atoms with Gasteiger partial charge in [-0.2, -0.15) is 0 Å². The molecule has 2 aliphatic heterocycles. The van der Waals surface area contributed by atoms with Crippen LogP contribution in [0.3, 0.4) is 0 Å². The molecule has 0 unspecified atom stereocenters. The van der Waals surface area contributed by atoms with E-state index in [9.17, 15) is 9.59 Å². The molecule has 1 saturated heterocycles. The maximum atomic E-state index is 12.8. The number of fused-ring (bicyclic) bond motifs is 1. The normalized spacial score (nSPS) is 18.2. The molecule has 1 aromatic carbocycles. The van der Waals surface area contributed by atoms with Gasteiger partial charge in [0.05, 0.1) is 32.7 Å². The predicted molar refractivity (Wildman–Crippen MR) is 107 cm³/mol. The van der Waals surface area contributed by atoms with E-state index in [0.29, 0.717) is 13.1 Å². The van der Waals surface area contributed by atoms with Crippen molar-refractivity contribution >= 4 is 17.5 Å². The summed E-state index contributed by atoms with van der Waals surface area (Å²) in [6.07, 6.45) is 2.20. The van der Waals surface area contributed by atoms with Crippen LogP contribution in [-0.2, 0) is 16.0 Å². The summed E-state index contributed by atoms with van der Waals surface area (Å²) in [5, 5.41) is 3.02. The smallest absolute Gasteiger partial charge is 0.275 e. The molecule has 0 bridgehead atoms. The number of benzene rings is 1. The first kappa shape index (κ1) is 19.7. The molecule has 2 amide bonds. The lowest BCUT2D eigenvalue weighted by molar-refractivity contribution is -0.896. The van der Waals surface area contributed by atoms with Gasteiger partial charge in [0.2, 0.25) is 5.91 Å². The fourth-order valence-electron chi connectivity index (χ4n) is 3.98. The Hall–Kier alpha value is -2.08. The van der Waals surface area contributed by atoms with Crippen LogP contribution in [-0.4, -0.2) is 68.1 Å². The molecule has 27 heavy (non-hydrogen) atoms. The summed E-state index contributed by atoms with van der Waals surface area (Å²) in [7, 11) is 0. The van der Waals surface area contributed by atoms with Crippen LogP contribution in [0, 0.1) is 0 Å². The number of amides is 2. The molecule has 1 aromatic rings. The van der Waals surface area contributed by atoms with Gasteiger partial charge in [-0.1, -0.05) is 18.2 Å². The van der Waals surface area contributed by atoms with Gasteiger partial charge in [-0.25, -0.2) is 0 Å². The predicted octanol–water partition coefficient (Wildman–Crippen LogP) is 0.0810. The number of nitrogens with zero attached hydrogens (tertiary/aromatic N) is 2. The topological polar surface area (TPSA) is 57.1 Å². The number of aryl methyl sites for hydroxylation is 1. The number of anilines is 1. The Bertz CT molecular complexity index is 675. The molecule has 148 valence electrons. The van der Waals surface area contributed by atoms with E-state index in [-0.39, 0.29) is 17.4 Å². The molecule has 0 aromatic heterocycles. The molecule has 6 nitrogen and oxygen atoms in total. The van der Waals surface area contributed by atoms with Gasteiger partial charge >= 0.3 is 0 Å². The maximum absolute atomic E-state index is 12.8. The number of para-hydroxylation sites is 1. The second-order valence-electron chi connectivity index (χ2n) is 8.76. The number of piperazine rings is 1. The van der Waals surface area contributed by atoms with E-state index >= 15 is 0 Å². The van der Waals surface area contributed by atoms with E-state index in [2.05, 4.69) is 28.4 Å². The molecular weight excluding hydrogens is 340 g/mol. The molecule has 0 saturated carbocycles. The van der Waals surface area contributed by atoms with Gasteiger partial charge in [0.15, 0.2) is 6.54 Å². The third kappa shape index (κ3) is 5.45.